The molecular weight excluding hydrogens is 214 g/mol. The Morgan fingerprint density at radius 1 is 1.19 bits per heavy atom. The minimum absolute atomic E-state index is 0.847. The van der Waals surface area contributed by atoms with E-state index < -0.39 is 0 Å². The monoisotopic (exact) mass is 235 g/mol. The maximum absolute atomic E-state index is 3.72. The number of rotatable bonds is 4. The highest BCUT2D eigenvalue weighted by molar-refractivity contribution is 7.10. The molecule has 2 heteroatoms. The van der Waals surface area contributed by atoms with Gasteiger partial charge in [0, 0.05) is 10.9 Å². The fourth-order valence-electron chi connectivity index (χ4n) is 2.93. The maximum Gasteiger partial charge on any atom is 0.00794 e. The summed E-state index contributed by atoms with van der Waals surface area (Å²) in [6, 6.07) is 5.41. The Hall–Kier alpha value is -0.340. The molecule has 1 nitrogen and oxygen atoms in total. The Bertz CT molecular complexity index is 315. The van der Waals surface area contributed by atoms with Crippen LogP contribution in [0.2, 0.25) is 0 Å². The molecule has 0 amide bonds. The van der Waals surface area contributed by atoms with Crippen molar-refractivity contribution in [3.63, 3.8) is 0 Å². The molecule has 0 aliphatic heterocycles. The summed E-state index contributed by atoms with van der Waals surface area (Å²) in [6.45, 7) is 1.26. The van der Waals surface area contributed by atoms with E-state index in [1.54, 1.807) is 4.88 Å². The molecule has 0 aromatic carbocycles. The van der Waals surface area contributed by atoms with Gasteiger partial charge in [0.05, 0.1) is 0 Å². The summed E-state index contributed by atoms with van der Waals surface area (Å²) in [6.07, 6.45) is 8.55. The van der Waals surface area contributed by atoms with E-state index >= 15 is 0 Å². The van der Waals surface area contributed by atoms with Crippen LogP contribution in [0.1, 0.15) is 49.3 Å². The van der Waals surface area contributed by atoms with Gasteiger partial charge < -0.3 is 5.32 Å². The van der Waals surface area contributed by atoms with Crippen LogP contribution < -0.4 is 5.32 Å². The van der Waals surface area contributed by atoms with Gasteiger partial charge in [-0.1, -0.05) is 18.9 Å². The van der Waals surface area contributed by atoms with Crippen molar-refractivity contribution in [1.29, 1.82) is 0 Å². The van der Waals surface area contributed by atoms with Crippen LogP contribution >= 0.6 is 11.3 Å². The average Bonchev–Trinajstić information content (AvgIpc) is 3.00. The molecule has 2 atom stereocenters. The molecule has 2 aliphatic rings. The Morgan fingerprint density at radius 2 is 2.06 bits per heavy atom. The first-order valence-electron chi connectivity index (χ1n) is 6.70. The lowest BCUT2D eigenvalue weighted by atomic mass is 9.78. The SMILES string of the molecule is c1csc(C2CCCCC2CNC2CC2)c1. The number of hydrogen-bond acceptors (Lipinski definition) is 2. The van der Waals surface area contributed by atoms with E-state index in [1.807, 2.05) is 11.3 Å². The van der Waals surface area contributed by atoms with Crippen molar-refractivity contribution in [2.75, 3.05) is 6.54 Å². The standard InChI is InChI=1S/C14H21NS/c1-2-5-13(14-6-3-9-16-14)11(4-1)10-15-12-7-8-12/h3,6,9,11-13,15H,1-2,4-5,7-8,10H2. The molecule has 88 valence electrons. The predicted octanol–water partition coefficient (Wildman–Crippen LogP) is 3.77. The van der Waals surface area contributed by atoms with Gasteiger partial charge >= 0.3 is 0 Å². The van der Waals surface area contributed by atoms with Gasteiger partial charge in [0.25, 0.3) is 0 Å². The zero-order chi connectivity index (χ0) is 10.8. The van der Waals surface area contributed by atoms with Gasteiger partial charge in [-0.15, -0.1) is 11.3 Å². The van der Waals surface area contributed by atoms with Crippen LogP contribution in [0.15, 0.2) is 17.5 Å². The van der Waals surface area contributed by atoms with Gasteiger partial charge in [-0.05, 0) is 55.5 Å². The molecule has 1 N–H and O–H groups in total. The molecule has 2 fully saturated rings. The zero-order valence-corrected chi connectivity index (χ0v) is 10.6. The minimum atomic E-state index is 0.847. The van der Waals surface area contributed by atoms with Crippen LogP contribution in [0, 0.1) is 5.92 Å². The van der Waals surface area contributed by atoms with E-state index in [0.29, 0.717) is 0 Å². The quantitative estimate of drug-likeness (QED) is 0.837. The first-order chi connectivity index (χ1) is 7.93. The molecule has 0 spiro atoms. The Balaban J connectivity index is 1.63. The van der Waals surface area contributed by atoms with Gasteiger partial charge in [0.2, 0.25) is 0 Å². The highest BCUT2D eigenvalue weighted by Crippen LogP contribution is 2.39. The molecule has 1 aromatic heterocycles. The Morgan fingerprint density at radius 3 is 2.81 bits per heavy atom. The summed E-state index contributed by atoms with van der Waals surface area (Å²) in [7, 11) is 0. The third-order valence-electron chi connectivity index (χ3n) is 4.06. The molecule has 2 unspecified atom stereocenters. The second-order valence-electron chi connectivity index (χ2n) is 5.35. The van der Waals surface area contributed by atoms with Crippen LogP contribution in [0.25, 0.3) is 0 Å². The van der Waals surface area contributed by atoms with E-state index in [9.17, 15) is 0 Å². The zero-order valence-electron chi connectivity index (χ0n) is 9.82. The summed E-state index contributed by atoms with van der Waals surface area (Å²) in [5.41, 5.74) is 0. The summed E-state index contributed by atoms with van der Waals surface area (Å²) < 4.78 is 0. The molecule has 0 bridgehead atoms. The maximum atomic E-state index is 3.72. The van der Waals surface area contributed by atoms with Crippen molar-refractivity contribution in [1.82, 2.24) is 5.32 Å². The summed E-state index contributed by atoms with van der Waals surface area (Å²) in [5, 5.41) is 5.95. The second-order valence-corrected chi connectivity index (χ2v) is 6.33. The summed E-state index contributed by atoms with van der Waals surface area (Å²) in [5.74, 6) is 1.74. The molecular formula is C14H21NS. The van der Waals surface area contributed by atoms with Crippen LogP contribution in [0.3, 0.4) is 0 Å². The largest absolute Gasteiger partial charge is 0.314 e. The predicted molar refractivity (Wildman–Crippen MR) is 70.0 cm³/mol. The smallest absolute Gasteiger partial charge is 0.00794 e. The van der Waals surface area contributed by atoms with Gasteiger partial charge in [-0.2, -0.15) is 0 Å². The molecule has 0 saturated heterocycles. The Kier molecular flexibility index (Phi) is 3.30. The molecule has 1 aromatic rings. The topological polar surface area (TPSA) is 12.0 Å². The van der Waals surface area contributed by atoms with Gasteiger partial charge in [-0.3, -0.25) is 0 Å². The van der Waals surface area contributed by atoms with Crippen molar-refractivity contribution >= 4 is 11.3 Å². The van der Waals surface area contributed by atoms with Gasteiger partial charge in [-0.25, -0.2) is 0 Å². The van der Waals surface area contributed by atoms with E-state index in [-0.39, 0.29) is 0 Å². The highest BCUT2D eigenvalue weighted by atomic mass is 32.1. The minimum Gasteiger partial charge on any atom is -0.314 e. The van der Waals surface area contributed by atoms with E-state index in [2.05, 4.69) is 22.8 Å². The van der Waals surface area contributed by atoms with Crippen molar-refractivity contribution < 1.29 is 0 Å². The molecule has 0 radical (unpaired) electrons. The van der Waals surface area contributed by atoms with Crippen LogP contribution in [0.5, 0.6) is 0 Å². The molecule has 2 saturated carbocycles. The second kappa shape index (κ2) is 4.89. The van der Waals surface area contributed by atoms with Crippen LogP contribution in [-0.2, 0) is 0 Å². The lowest BCUT2D eigenvalue weighted by molar-refractivity contribution is 0.298. The van der Waals surface area contributed by atoms with E-state index in [1.165, 1.54) is 45.1 Å². The normalized spacial score (nSPS) is 30.5. The molecule has 2 aliphatic carbocycles. The first kappa shape index (κ1) is 10.8. The first-order valence-corrected chi connectivity index (χ1v) is 7.58. The number of nitrogens with one attached hydrogen (secondary N) is 1. The summed E-state index contributed by atoms with van der Waals surface area (Å²) >= 11 is 1.96. The third kappa shape index (κ3) is 2.49. The van der Waals surface area contributed by atoms with E-state index in [0.717, 1.165) is 17.9 Å². The van der Waals surface area contributed by atoms with Crippen LogP contribution in [-0.4, -0.2) is 12.6 Å². The Labute approximate surface area is 102 Å². The average molecular weight is 235 g/mol. The van der Waals surface area contributed by atoms with Crippen molar-refractivity contribution in [2.45, 2.75) is 50.5 Å². The lowest BCUT2D eigenvalue weighted by Crippen LogP contribution is -2.30. The van der Waals surface area contributed by atoms with Crippen molar-refractivity contribution in [3.8, 4) is 0 Å². The fraction of sp³-hybridized carbons (Fsp3) is 0.714. The summed E-state index contributed by atoms with van der Waals surface area (Å²) in [4.78, 5) is 1.63. The van der Waals surface area contributed by atoms with Crippen molar-refractivity contribution in [3.05, 3.63) is 22.4 Å². The lowest BCUT2D eigenvalue weighted by Gasteiger charge is -2.31. The fourth-order valence-corrected chi connectivity index (χ4v) is 3.89. The van der Waals surface area contributed by atoms with E-state index in [4.69, 9.17) is 0 Å². The van der Waals surface area contributed by atoms with Gasteiger partial charge in [0.1, 0.15) is 0 Å². The number of thiophene rings is 1. The number of hydrogen-bond donors (Lipinski definition) is 1. The van der Waals surface area contributed by atoms with Gasteiger partial charge in [0.15, 0.2) is 0 Å². The van der Waals surface area contributed by atoms with Crippen LogP contribution in [0.4, 0.5) is 0 Å². The third-order valence-corrected chi connectivity index (χ3v) is 5.07. The molecule has 1 heterocycles. The highest BCUT2D eigenvalue weighted by Gasteiger charge is 2.29. The molecule has 3 rings (SSSR count). The van der Waals surface area contributed by atoms with Crippen molar-refractivity contribution in [2.24, 2.45) is 5.92 Å². The molecule has 16 heavy (non-hydrogen) atoms.